The Morgan fingerprint density at radius 1 is 0.284 bits per heavy atom. The third kappa shape index (κ3) is 58.2. The van der Waals surface area contributed by atoms with E-state index >= 15 is 0 Å². The Balaban J connectivity index is 4.49. The molecule has 6 nitrogen and oxygen atoms in total. The van der Waals surface area contributed by atoms with Crippen molar-refractivity contribution in [1.29, 1.82) is 0 Å². The molecule has 6 heteroatoms. The summed E-state index contributed by atoms with van der Waals surface area (Å²) in [5.74, 6) is -0.962. The summed E-state index contributed by atoms with van der Waals surface area (Å²) in [6.07, 6.45) is 86.9. The molecule has 0 radical (unpaired) electrons. The van der Waals surface area contributed by atoms with E-state index in [-0.39, 0.29) is 31.1 Å². The Morgan fingerprint density at radius 3 is 0.824 bits per heavy atom. The van der Waals surface area contributed by atoms with Crippen molar-refractivity contribution in [1.82, 2.24) is 0 Å². The molecule has 0 aliphatic carbocycles. The van der Waals surface area contributed by atoms with Crippen LogP contribution in [0, 0.1) is 0 Å². The van der Waals surface area contributed by atoms with Crippen LogP contribution in [0.1, 0.15) is 245 Å². The fourth-order valence-electron chi connectivity index (χ4n) is 7.63. The Hall–Kier alpha value is -4.71. The predicted octanol–water partition coefficient (Wildman–Crippen LogP) is 20.4. The lowest BCUT2D eigenvalue weighted by molar-refractivity contribution is -0.167. The second kappa shape index (κ2) is 60.8. The van der Waals surface area contributed by atoms with Crippen LogP contribution < -0.4 is 0 Å². The van der Waals surface area contributed by atoms with Crippen LogP contribution in [0.2, 0.25) is 0 Å². The minimum atomic E-state index is -0.810. The van der Waals surface area contributed by atoms with Gasteiger partial charge in [-0.05, 0) is 135 Å². The van der Waals surface area contributed by atoms with Crippen LogP contribution >= 0.6 is 0 Å². The summed E-state index contributed by atoms with van der Waals surface area (Å²) >= 11 is 0. The zero-order valence-corrected chi connectivity index (χ0v) is 47.5. The molecule has 0 fully saturated rings. The lowest BCUT2D eigenvalue weighted by atomic mass is 10.1. The van der Waals surface area contributed by atoms with Crippen molar-refractivity contribution >= 4 is 17.9 Å². The molecule has 0 N–H and O–H groups in total. The average molecular weight is 1020 g/mol. The van der Waals surface area contributed by atoms with E-state index in [9.17, 15) is 14.4 Å². The fraction of sp³-hybridized carbons (Fsp3) is 0.603. The van der Waals surface area contributed by atoms with Crippen LogP contribution in [-0.2, 0) is 28.6 Å². The number of unbranched alkanes of at least 4 members (excludes halogenated alkanes) is 17. The predicted molar refractivity (Wildman–Crippen MR) is 320 cm³/mol. The highest BCUT2D eigenvalue weighted by Gasteiger charge is 2.19. The summed E-state index contributed by atoms with van der Waals surface area (Å²) < 4.78 is 16.8. The Labute approximate surface area is 455 Å². The lowest BCUT2D eigenvalue weighted by Crippen LogP contribution is -2.30. The molecular formula is C68H108O6. The first-order chi connectivity index (χ1) is 36.5. The molecule has 0 spiro atoms. The third-order valence-corrected chi connectivity index (χ3v) is 12.1. The van der Waals surface area contributed by atoms with E-state index in [0.29, 0.717) is 19.3 Å². The highest BCUT2D eigenvalue weighted by molar-refractivity contribution is 5.71. The number of ether oxygens (including phenoxy) is 3. The van der Waals surface area contributed by atoms with E-state index in [1.54, 1.807) is 0 Å². The zero-order valence-electron chi connectivity index (χ0n) is 47.5. The highest BCUT2D eigenvalue weighted by Crippen LogP contribution is 2.13. The molecule has 0 heterocycles. The van der Waals surface area contributed by atoms with Crippen LogP contribution in [0.4, 0.5) is 0 Å². The molecule has 0 aliphatic heterocycles. The Bertz CT molecular complexity index is 1640. The maximum atomic E-state index is 12.9. The van der Waals surface area contributed by atoms with Crippen molar-refractivity contribution in [2.75, 3.05) is 13.2 Å². The number of carbonyl (C=O) groups excluding carboxylic acids is 3. The first kappa shape index (κ1) is 69.3. The van der Waals surface area contributed by atoms with Crippen molar-refractivity contribution in [3.05, 3.63) is 146 Å². The Kier molecular flexibility index (Phi) is 57.0. The van der Waals surface area contributed by atoms with Crippen LogP contribution in [0.25, 0.3) is 0 Å². The summed E-state index contributed by atoms with van der Waals surface area (Å²) in [5.41, 5.74) is 0. The molecule has 0 saturated carbocycles. The molecule has 0 amide bonds. The molecule has 0 aromatic carbocycles. The molecule has 0 rings (SSSR count). The summed E-state index contributed by atoms with van der Waals surface area (Å²) in [5, 5.41) is 0. The first-order valence-electron chi connectivity index (χ1n) is 29.8. The average Bonchev–Trinajstić information content (AvgIpc) is 3.40. The van der Waals surface area contributed by atoms with Gasteiger partial charge in [0.25, 0.3) is 0 Å². The highest BCUT2D eigenvalue weighted by atomic mass is 16.6. The van der Waals surface area contributed by atoms with E-state index in [1.807, 2.05) is 0 Å². The number of allylic oxidation sites excluding steroid dienone is 24. The topological polar surface area (TPSA) is 78.9 Å². The van der Waals surface area contributed by atoms with Gasteiger partial charge in [0.15, 0.2) is 6.10 Å². The minimum absolute atomic E-state index is 0.105. The molecule has 1 unspecified atom stereocenters. The van der Waals surface area contributed by atoms with E-state index < -0.39 is 6.10 Å². The minimum Gasteiger partial charge on any atom is -0.462 e. The van der Waals surface area contributed by atoms with Crippen molar-refractivity contribution in [2.24, 2.45) is 0 Å². The van der Waals surface area contributed by atoms with Gasteiger partial charge in [-0.2, -0.15) is 0 Å². The van der Waals surface area contributed by atoms with Gasteiger partial charge in [0.2, 0.25) is 0 Å². The van der Waals surface area contributed by atoms with Gasteiger partial charge in [-0.3, -0.25) is 14.4 Å². The fourth-order valence-corrected chi connectivity index (χ4v) is 7.63. The normalized spacial score (nSPS) is 13.2. The van der Waals surface area contributed by atoms with E-state index in [2.05, 4.69) is 167 Å². The van der Waals surface area contributed by atoms with Crippen LogP contribution in [0.15, 0.2) is 146 Å². The summed E-state index contributed by atoms with van der Waals surface area (Å²) in [6, 6.07) is 0. The second-order valence-corrected chi connectivity index (χ2v) is 19.1. The molecule has 74 heavy (non-hydrogen) atoms. The van der Waals surface area contributed by atoms with Gasteiger partial charge >= 0.3 is 17.9 Å². The number of carbonyl (C=O) groups is 3. The van der Waals surface area contributed by atoms with Crippen LogP contribution in [0.5, 0.6) is 0 Å². The largest absolute Gasteiger partial charge is 0.462 e. The van der Waals surface area contributed by atoms with Gasteiger partial charge in [0.05, 0.1) is 0 Å². The summed E-state index contributed by atoms with van der Waals surface area (Å²) in [7, 11) is 0. The van der Waals surface area contributed by atoms with Crippen molar-refractivity contribution in [3.8, 4) is 0 Å². The molecule has 0 bridgehead atoms. The molecule has 0 saturated heterocycles. The third-order valence-electron chi connectivity index (χ3n) is 12.1. The number of hydrogen-bond donors (Lipinski definition) is 0. The standard InChI is InChI=1S/C68H108O6/c1-4-7-10-13-16-19-22-25-28-30-32-33-34-35-37-38-40-43-46-49-52-55-58-61-67(70)73-64-65(63-72-66(69)60-57-54-51-48-45-42-27-24-21-18-15-12-9-6-3)74-68(71)62-59-56-53-50-47-44-41-39-36-31-29-26-23-20-17-14-11-8-5-2/h7-8,10-11,15-20,24-29,32-33,35-37,39-40,43,65H,4-6,9,12-14,21-23,30-31,34,38,41-42,44-64H2,1-3H3/b10-7-,11-8-,18-15-,19-16-,20-17-,27-24-,28-25-,29-26-,33-32-,37-35-,39-36-,43-40-. The SMILES string of the molecule is CC/C=C\C/C=C\C/C=C\C/C=C\C/C=C\C/C=C\CCCCCCC(=O)OCC(COC(=O)CCCCCCC/C=C\C/C=C\CCCC)OC(=O)CCCCCCCC/C=C\C/C=C\C/C=C\C/C=C\CC. The van der Waals surface area contributed by atoms with Crippen LogP contribution in [0.3, 0.4) is 0 Å². The summed E-state index contributed by atoms with van der Waals surface area (Å²) in [6.45, 7) is 6.32. The van der Waals surface area contributed by atoms with Crippen molar-refractivity contribution in [2.45, 2.75) is 252 Å². The first-order valence-corrected chi connectivity index (χ1v) is 29.8. The quantitative estimate of drug-likeness (QED) is 0.0261. The molecule has 0 aliphatic rings. The molecule has 1 atom stereocenters. The number of hydrogen-bond acceptors (Lipinski definition) is 6. The van der Waals surface area contributed by atoms with Gasteiger partial charge < -0.3 is 14.2 Å². The smallest absolute Gasteiger partial charge is 0.306 e. The van der Waals surface area contributed by atoms with Gasteiger partial charge in [0, 0.05) is 19.3 Å². The van der Waals surface area contributed by atoms with Gasteiger partial charge in [-0.15, -0.1) is 0 Å². The second-order valence-electron chi connectivity index (χ2n) is 19.1. The lowest BCUT2D eigenvalue weighted by Gasteiger charge is -2.18. The van der Waals surface area contributed by atoms with Gasteiger partial charge in [-0.1, -0.05) is 237 Å². The summed E-state index contributed by atoms with van der Waals surface area (Å²) in [4.78, 5) is 38.2. The van der Waals surface area contributed by atoms with Gasteiger partial charge in [-0.25, -0.2) is 0 Å². The zero-order chi connectivity index (χ0) is 53.6. The molecule has 0 aromatic heterocycles. The number of rotatable bonds is 52. The maximum Gasteiger partial charge on any atom is 0.306 e. The Morgan fingerprint density at radius 2 is 0.527 bits per heavy atom. The van der Waals surface area contributed by atoms with Crippen LogP contribution in [-0.4, -0.2) is 37.2 Å². The monoisotopic (exact) mass is 1020 g/mol. The van der Waals surface area contributed by atoms with Gasteiger partial charge in [0.1, 0.15) is 13.2 Å². The molecular weight excluding hydrogens is 913 g/mol. The number of esters is 3. The van der Waals surface area contributed by atoms with E-state index in [0.717, 1.165) is 173 Å². The van der Waals surface area contributed by atoms with E-state index in [1.165, 1.54) is 32.1 Å². The van der Waals surface area contributed by atoms with Crippen molar-refractivity contribution in [3.63, 3.8) is 0 Å². The maximum absolute atomic E-state index is 12.9. The van der Waals surface area contributed by atoms with Crippen molar-refractivity contribution < 1.29 is 28.6 Å². The molecule has 416 valence electrons. The molecule has 0 aromatic rings. The van der Waals surface area contributed by atoms with E-state index in [4.69, 9.17) is 14.2 Å².